The predicted molar refractivity (Wildman–Crippen MR) is 124 cm³/mol. The number of sulfonamides is 1. The molecule has 7 nitrogen and oxygen atoms in total. The van der Waals surface area contributed by atoms with Gasteiger partial charge in [0, 0.05) is 24.7 Å². The molecule has 0 fully saturated rings. The predicted octanol–water partition coefficient (Wildman–Crippen LogP) is 4.57. The number of nitrogens with one attached hydrogen (secondary N) is 1. The lowest BCUT2D eigenvalue weighted by Gasteiger charge is -2.21. The van der Waals surface area contributed by atoms with Crippen molar-refractivity contribution in [2.45, 2.75) is 11.4 Å². The topological polar surface area (TPSA) is 84.9 Å². The Labute approximate surface area is 196 Å². The molecule has 0 aliphatic carbocycles. The van der Waals surface area contributed by atoms with E-state index in [0.29, 0.717) is 10.6 Å². The molecule has 0 spiro atoms. The number of carbonyl (C=O) groups excluding carboxylic acids is 1. The Bertz CT molecular complexity index is 1280. The Morgan fingerprint density at radius 2 is 1.73 bits per heavy atom. The van der Waals surface area contributed by atoms with Crippen LogP contribution in [0.3, 0.4) is 0 Å². The van der Waals surface area contributed by atoms with Gasteiger partial charge in [0.1, 0.15) is 5.82 Å². The first-order valence-corrected chi connectivity index (χ1v) is 11.6. The zero-order chi connectivity index (χ0) is 24.2. The van der Waals surface area contributed by atoms with Crippen molar-refractivity contribution in [3.05, 3.63) is 82.6 Å². The smallest absolute Gasteiger partial charge is 0.262 e. The molecule has 0 saturated carbocycles. The summed E-state index contributed by atoms with van der Waals surface area (Å²) >= 11 is 6.20. The summed E-state index contributed by atoms with van der Waals surface area (Å²) in [6.45, 7) is 0.175. The van der Waals surface area contributed by atoms with Gasteiger partial charge in [0.05, 0.1) is 30.4 Å². The van der Waals surface area contributed by atoms with Crippen LogP contribution in [0.15, 0.2) is 65.6 Å². The number of ether oxygens (including phenoxy) is 2. The Hall–Kier alpha value is -3.30. The van der Waals surface area contributed by atoms with Crippen molar-refractivity contribution in [1.82, 2.24) is 4.90 Å². The fraction of sp³-hybridized carbons (Fsp3) is 0.174. The number of carbonyl (C=O) groups is 1. The van der Waals surface area contributed by atoms with E-state index in [1.807, 2.05) is 0 Å². The lowest BCUT2D eigenvalue weighted by atomic mass is 10.1. The van der Waals surface area contributed by atoms with Gasteiger partial charge >= 0.3 is 0 Å². The van der Waals surface area contributed by atoms with Crippen molar-refractivity contribution in [2.24, 2.45) is 0 Å². The van der Waals surface area contributed by atoms with E-state index in [0.717, 1.165) is 12.1 Å². The minimum atomic E-state index is -4.26. The van der Waals surface area contributed by atoms with Crippen molar-refractivity contribution in [3.63, 3.8) is 0 Å². The van der Waals surface area contributed by atoms with Gasteiger partial charge in [0.15, 0.2) is 11.5 Å². The number of methoxy groups -OCH3 is 2. The summed E-state index contributed by atoms with van der Waals surface area (Å²) in [5.41, 5.74) is 0.447. The van der Waals surface area contributed by atoms with E-state index in [2.05, 4.69) is 4.72 Å². The molecular formula is C23H22ClFN2O5S. The quantitative estimate of drug-likeness (QED) is 0.498. The van der Waals surface area contributed by atoms with Gasteiger partial charge in [-0.05, 0) is 29.8 Å². The van der Waals surface area contributed by atoms with E-state index < -0.39 is 21.7 Å². The number of benzene rings is 3. The zero-order valence-electron chi connectivity index (χ0n) is 18.1. The van der Waals surface area contributed by atoms with Crippen LogP contribution in [-0.2, 0) is 16.6 Å². The van der Waals surface area contributed by atoms with Gasteiger partial charge in [0.25, 0.3) is 15.9 Å². The molecule has 0 bridgehead atoms. The van der Waals surface area contributed by atoms with Crippen molar-refractivity contribution in [1.29, 1.82) is 0 Å². The van der Waals surface area contributed by atoms with Crippen LogP contribution in [0, 0.1) is 5.82 Å². The summed E-state index contributed by atoms with van der Waals surface area (Å²) in [5.74, 6) is -1.16. The van der Waals surface area contributed by atoms with E-state index in [1.165, 1.54) is 43.4 Å². The van der Waals surface area contributed by atoms with E-state index in [-0.39, 0.29) is 34.2 Å². The molecule has 0 radical (unpaired) electrons. The van der Waals surface area contributed by atoms with Crippen LogP contribution >= 0.6 is 11.6 Å². The SMILES string of the molecule is COc1cc(S(=O)(=O)Nc2ccccc2F)cc(C(=O)N(C)Cc2ccccc2Cl)c1OC. The van der Waals surface area contributed by atoms with Crippen LogP contribution in [0.2, 0.25) is 5.02 Å². The first-order chi connectivity index (χ1) is 15.7. The first kappa shape index (κ1) is 24.3. The Morgan fingerprint density at radius 3 is 2.36 bits per heavy atom. The van der Waals surface area contributed by atoms with E-state index in [4.69, 9.17) is 21.1 Å². The van der Waals surface area contributed by atoms with Gasteiger partial charge in [-0.25, -0.2) is 12.8 Å². The minimum Gasteiger partial charge on any atom is -0.493 e. The van der Waals surface area contributed by atoms with Crippen LogP contribution in [0.4, 0.5) is 10.1 Å². The molecule has 0 heterocycles. The molecule has 0 aliphatic rings. The van der Waals surface area contributed by atoms with Crippen LogP contribution in [0.25, 0.3) is 0 Å². The van der Waals surface area contributed by atoms with Crippen molar-refractivity contribution in [2.75, 3.05) is 26.0 Å². The largest absolute Gasteiger partial charge is 0.493 e. The summed E-state index contributed by atoms with van der Waals surface area (Å²) < 4.78 is 52.8. The fourth-order valence-corrected chi connectivity index (χ4v) is 4.46. The number of rotatable bonds is 8. The molecule has 0 aromatic heterocycles. The lowest BCUT2D eigenvalue weighted by molar-refractivity contribution is 0.0780. The fourth-order valence-electron chi connectivity index (χ4n) is 3.16. The normalized spacial score (nSPS) is 11.1. The summed E-state index contributed by atoms with van der Waals surface area (Å²) in [6.07, 6.45) is 0. The maximum absolute atomic E-state index is 14.0. The maximum atomic E-state index is 14.0. The summed E-state index contributed by atoms with van der Waals surface area (Å²) in [7, 11) is -0.0448. The molecule has 0 atom stereocenters. The second-order valence-corrected chi connectivity index (χ2v) is 9.13. The van der Waals surface area contributed by atoms with Gasteiger partial charge in [-0.2, -0.15) is 0 Å². The van der Waals surface area contributed by atoms with Crippen LogP contribution in [0.1, 0.15) is 15.9 Å². The molecule has 0 saturated heterocycles. The molecule has 3 aromatic rings. The molecule has 0 unspecified atom stereocenters. The third-order valence-corrected chi connectivity index (χ3v) is 6.54. The maximum Gasteiger partial charge on any atom is 0.262 e. The summed E-state index contributed by atoms with van der Waals surface area (Å²) in [4.78, 5) is 14.4. The monoisotopic (exact) mass is 492 g/mol. The number of nitrogens with zero attached hydrogens (tertiary/aromatic N) is 1. The molecule has 1 N–H and O–H groups in total. The summed E-state index contributed by atoms with van der Waals surface area (Å²) in [6, 6.07) is 14.8. The molecule has 33 heavy (non-hydrogen) atoms. The first-order valence-electron chi connectivity index (χ1n) is 9.70. The number of hydrogen-bond acceptors (Lipinski definition) is 5. The van der Waals surface area contributed by atoms with E-state index >= 15 is 0 Å². The highest BCUT2D eigenvalue weighted by atomic mass is 35.5. The number of anilines is 1. The second-order valence-electron chi connectivity index (χ2n) is 7.04. The van der Waals surface area contributed by atoms with Gasteiger partial charge in [0.2, 0.25) is 0 Å². The average molecular weight is 493 g/mol. The van der Waals surface area contributed by atoms with Crippen LogP contribution in [-0.4, -0.2) is 40.5 Å². The minimum absolute atomic E-state index is 0.0309. The molecular weight excluding hydrogens is 471 g/mol. The van der Waals surface area contributed by atoms with Gasteiger partial charge in [-0.3, -0.25) is 9.52 Å². The van der Waals surface area contributed by atoms with Gasteiger partial charge in [-0.15, -0.1) is 0 Å². The molecule has 3 aromatic carbocycles. The number of hydrogen-bond donors (Lipinski definition) is 1. The lowest BCUT2D eigenvalue weighted by Crippen LogP contribution is -2.27. The Balaban J connectivity index is 2.02. The molecule has 10 heteroatoms. The molecule has 174 valence electrons. The highest BCUT2D eigenvalue weighted by molar-refractivity contribution is 7.92. The van der Waals surface area contributed by atoms with Crippen LogP contribution < -0.4 is 14.2 Å². The van der Waals surface area contributed by atoms with Gasteiger partial charge < -0.3 is 14.4 Å². The third kappa shape index (κ3) is 5.37. The highest BCUT2D eigenvalue weighted by Gasteiger charge is 2.26. The number of halogens is 2. The molecule has 0 aliphatic heterocycles. The highest BCUT2D eigenvalue weighted by Crippen LogP contribution is 2.36. The Morgan fingerprint density at radius 1 is 1.06 bits per heavy atom. The van der Waals surface area contributed by atoms with Gasteiger partial charge in [-0.1, -0.05) is 41.9 Å². The van der Waals surface area contributed by atoms with E-state index in [9.17, 15) is 17.6 Å². The Kier molecular flexibility index (Phi) is 7.45. The van der Waals surface area contributed by atoms with Crippen molar-refractivity contribution in [3.8, 4) is 11.5 Å². The average Bonchev–Trinajstić information content (AvgIpc) is 2.80. The van der Waals surface area contributed by atoms with Crippen molar-refractivity contribution < 1.29 is 27.1 Å². The summed E-state index contributed by atoms with van der Waals surface area (Å²) in [5, 5.41) is 0.493. The second kappa shape index (κ2) is 10.1. The number of amides is 1. The number of para-hydroxylation sites is 1. The van der Waals surface area contributed by atoms with Crippen LogP contribution in [0.5, 0.6) is 11.5 Å². The van der Waals surface area contributed by atoms with Crippen molar-refractivity contribution >= 4 is 33.2 Å². The van der Waals surface area contributed by atoms with E-state index in [1.54, 1.807) is 31.3 Å². The zero-order valence-corrected chi connectivity index (χ0v) is 19.7. The molecule has 3 rings (SSSR count). The third-order valence-electron chi connectivity index (χ3n) is 4.82. The standard InChI is InChI=1S/C23H22ClFN2O5S/c1-27(14-15-8-4-5-9-18(15)24)23(28)17-12-16(13-21(31-2)22(17)32-3)33(29,30)26-20-11-7-6-10-19(20)25/h4-13,26H,14H2,1-3H3. The molecule has 1 amide bonds.